The van der Waals surface area contributed by atoms with E-state index in [9.17, 15) is 10.1 Å². The van der Waals surface area contributed by atoms with E-state index in [1.165, 1.54) is 26.6 Å². The molecule has 0 fully saturated rings. The van der Waals surface area contributed by atoms with Crippen LogP contribution in [-0.2, 0) is 4.74 Å². The maximum Gasteiger partial charge on any atom is 0.356 e. The van der Waals surface area contributed by atoms with Crippen LogP contribution in [0.15, 0.2) is 6.26 Å². The Kier molecular flexibility index (Phi) is 4.85. The van der Waals surface area contributed by atoms with Crippen molar-refractivity contribution in [1.82, 2.24) is 9.97 Å². The zero-order chi connectivity index (χ0) is 13.5. The maximum atomic E-state index is 11.0. The van der Waals surface area contributed by atoms with Gasteiger partial charge in [-0.2, -0.15) is 9.97 Å². The van der Waals surface area contributed by atoms with Crippen LogP contribution in [0.25, 0.3) is 6.08 Å². The SMILES string of the molecule is CCO/C=C/c1nc(OC)nc(OC)c1[N+](=O)[O-]. The lowest BCUT2D eigenvalue weighted by Gasteiger charge is -2.05. The minimum absolute atomic E-state index is 0.0198. The largest absolute Gasteiger partial charge is 0.501 e. The maximum absolute atomic E-state index is 11.0. The van der Waals surface area contributed by atoms with Crippen LogP contribution in [0.4, 0.5) is 5.69 Å². The Bertz CT molecular complexity index is 461. The van der Waals surface area contributed by atoms with Crippen molar-refractivity contribution in [2.75, 3.05) is 20.8 Å². The number of ether oxygens (including phenoxy) is 3. The van der Waals surface area contributed by atoms with E-state index in [1.807, 2.05) is 0 Å². The average Bonchev–Trinajstić information content (AvgIpc) is 2.37. The second kappa shape index (κ2) is 6.38. The van der Waals surface area contributed by atoms with Gasteiger partial charge >= 0.3 is 17.6 Å². The molecule has 1 aromatic heterocycles. The van der Waals surface area contributed by atoms with Gasteiger partial charge in [0.25, 0.3) is 0 Å². The van der Waals surface area contributed by atoms with Gasteiger partial charge in [0.05, 0.1) is 32.0 Å². The summed E-state index contributed by atoms with van der Waals surface area (Å²) in [6.45, 7) is 2.24. The molecule has 1 rings (SSSR count). The quantitative estimate of drug-likeness (QED) is 0.430. The summed E-state index contributed by atoms with van der Waals surface area (Å²) < 4.78 is 14.7. The highest BCUT2D eigenvalue weighted by molar-refractivity contribution is 5.61. The van der Waals surface area contributed by atoms with Crippen LogP contribution in [-0.4, -0.2) is 35.7 Å². The lowest BCUT2D eigenvalue weighted by molar-refractivity contribution is -0.386. The predicted molar refractivity (Wildman–Crippen MR) is 62.5 cm³/mol. The van der Waals surface area contributed by atoms with E-state index in [2.05, 4.69) is 9.97 Å². The molecule has 0 bridgehead atoms. The van der Waals surface area contributed by atoms with Gasteiger partial charge in [0.1, 0.15) is 0 Å². The number of nitro groups is 1. The topological polar surface area (TPSA) is 96.6 Å². The van der Waals surface area contributed by atoms with Crippen molar-refractivity contribution in [2.24, 2.45) is 0 Å². The fraction of sp³-hybridized carbons (Fsp3) is 0.400. The molecular weight excluding hydrogens is 242 g/mol. The molecule has 8 heteroatoms. The fourth-order valence-electron chi connectivity index (χ4n) is 1.16. The van der Waals surface area contributed by atoms with Gasteiger partial charge in [-0.15, -0.1) is 0 Å². The van der Waals surface area contributed by atoms with Gasteiger partial charge in [-0.05, 0) is 6.92 Å². The first-order valence-corrected chi connectivity index (χ1v) is 5.06. The minimum atomic E-state index is -0.621. The van der Waals surface area contributed by atoms with Crippen molar-refractivity contribution in [2.45, 2.75) is 6.92 Å². The van der Waals surface area contributed by atoms with Gasteiger partial charge < -0.3 is 14.2 Å². The van der Waals surface area contributed by atoms with Gasteiger partial charge in [0.2, 0.25) is 0 Å². The zero-order valence-electron chi connectivity index (χ0n) is 10.2. The van der Waals surface area contributed by atoms with Crippen LogP contribution < -0.4 is 9.47 Å². The smallest absolute Gasteiger partial charge is 0.356 e. The molecule has 0 unspecified atom stereocenters. The van der Waals surface area contributed by atoms with E-state index in [4.69, 9.17) is 14.2 Å². The lowest BCUT2D eigenvalue weighted by atomic mass is 10.3. The molecule has 98 valence electrons. The highest BCUT2D eigenvalue weighted by atomic mass is 16.6. The van der Waals surface area contributed by atoms with Gasteiger partial charge in [0, 0.05) is 6.08 Å². The van der Waals surface area contributed by atoms with Crippen molar-refractivity contribution in [3.05, 3.63) is 22.1 Å². The Labute approximate surface area is 103 Å². The molecule has 1 heterocycles. The van der Waals surface area contributed by atoms with Gasteiger partial charge in [-0.1, -0.05) is 0 Å². The normalized spacial score (nSPS) is 10.4. The minimum Gasteiger partial charge on any atom is -0.501 e. The van der Waals surface area contributed by atoms with E-state index in [0.29, 0.717) is 6.61 Å². The van der Waals surface area contributed by atoms with Gasteiger partial charge in [-0.3, -0.25) is 10.1 Å². The van der Waals surface area contributed by atoms with Crippen molar-refractivity contribution < 1.29 is 19.1 Å². The average molecular weight is 255 g/mol. The summed E-state index contributed by atoms with van der Waals surface area (Å²) in [6, 6.07) is -0.0198. The van der Waals surface area contributed by atoms with E-state index < -0.39 is 4.92 Å². The monoisotopic (exact) mass is 255 g/mol. The first-order chi connectivity index (χ1) is 8.63. The highest BCUT2D eigenvalue weighted by Crippen LogP contribution is 2.30. The van der Waals surface area contributed by atoms with Crippen molar-refractivity contribution in [3.8, 4) is 11.9 Å². The molecule has 0 N–H and O–H groups in total. The molecule has 0 amide bonds. The number of hydrogen-bond donors (Lipinski definition) is 0. The Hall–Kier alpha value is -2.38. The van der Waals surface area contributed by atoms with Gasteiger partial charge in [-0.25, -0.2) is 0 Å². The molecule has 8 nitrogen and oxygen atoms in total. The number of rotatable bonds is 6. The molecule has 18 heavy (non-hydrogen) atoms. The van der Waals surface area contributed by atoms with Crippen LogP contribution in [0.3, 0.4) is 0 Å². The third-order valence-corrected chi connectivity index (χ3v) is 1.91. The fourth-order valence-corrected chi connectivity index (χ4v) is 1.16. The molecule has 0 aliphatic rings. The molecule has 0 saturated carbocycles. The Morgan fingerprint density at radius 1 is 1.33 bits per heavy atom. The van der Waals surface area contributed by atoms with Crippen LogP contribution in [0.1, 0.15) is 12.6 Å². The summed E-state index contributed by atoms with van der Waals surface area (Å²) in [5, 5.41) is 11.0. The summed E-state index contributed by atoms with van der Waals surface area (Å²) in [5.41, 5.74) is -0.286. The number of hydrogen-bond acceptors (Lipinski definition) is 7. The standard InChI is InChI=1S/C10H13N3O5/c1-4-18-6-5-7-8(13(14)15)9(16-2)12-10(11-7)17-3/h5-6H,4H2,1-3H3/b6-5+. The molecule has 0 spiro atoms. The van der Waals surface area contributed by atoms with Crippen molar-refractivity contribution in [3.63, 3.8) is 0 Å². The summed E-state index contributed by atoms with van der Waals surface area (Å²) in [6.07, 6.45) is 2.67. The molecular formula is C10H13N3O5. The Morgan fingerprint density at radius 3 is 2.56 bits per heavy atom. The summed E-state index contributed by atoms with van der Waals surface area (Å²) in [5.74, 6) is -0.164. The lowest BCUT2D eigenvalue weighted by Crippen LogP contribution is -2.03. The van der Waals surface area contributed by atoms with E-state index in [0.717, 1.165) is 0 Å². The molecule has 0 saturated heterocycles. The molecule has 0 radical (unpaired) electrons. The molecule has 0 atom stereocenters. The predicted octanol–water partition coefficient (Wildman–Crippen LogP) is 1.41. The number of aromatic nitrogens is 2. The first-order valence-electron chi connectivity index (χ1n) is 5.06. The van der Waals surface area contributed by atoms with Gasteiger partial charge in [0.15, 0.2) is 5.69 Å². The summed E-state index contributed by atoms with van der Waals surface area (Å²) in [4.78, 5) is 18.0. The first kappa shape index (κ1) is 13.7. The van der Waals surface area contributed by atoms with Crippen LogP contribution >= 0.6 is 0 Å². The van der Waals surface area contributed by atoms with E-state index >= 15 is 0 Å². The molecule has 0 aliphatic carbocycles. The third-order valence-electron chi connectivity index (χ3n) is 1.91. The number of nitrogens with zero attached hydrogens (tertiary/aromatic N) is 3. The summed E-state index contributed by atoms with van der Waals surface area (Å²) in [7, 11) is 2.64. The number of methoxy groups -OCH3 is 2. The summed E-state index contributed by atoms with van der Waals surface area (Å²) >= 11 is 0. The van der Waals surface area contributed by atoms with E-state index in [-0.39, 0.29) is 23.3 Å². The molecule has 0 aliphatic heterocycles. The third kappa shape index (κ3) is 3.06. The molecule has 1 aromatic rings. The van der Waals surface area contributed by atoms with Crippen LogP contribution in [0.5, 0.6) is 11.9 Å². The van der Waals surface area contributed by atoms with E-state index in [1.54, 1.807) is 6.92 Å². The Morgan fingerprint density at radius 2 is 2.06 bits per heavy atom. The van der Waals surface area contributed by atoms with Crippen LogP contribution in [0.2, 0.25) is 0 Å². The highest BCUT2D eigenvalue weighted by Gasteiger charge is 2.24. The van der Waals surface area contributed by atoms with Crippen molar-refractivity contribution in [1.29, 1.82) is 0 Å². The second-order valence-corrected chi connectivity index (χ2v) is 2.97. The Balaban J connectivity index is 3.30. The van der Waals surface area contributed by atoms with Crippen LogP contribution in [0, 0.1) is 10.1 Å². The molecule has 0 aromatic carbocycles. The van der Waals surface area contributed by atoms with Crippen molar-refractivity contribution >= 4 is 11.8 Å². The zero-order valence-corrected chi connectivity index (χ0v) is 10.2. The second-order valence-electron chi connectivity index (χ2n) is 2.97.